The minimum Gasteiger partial charge on any atom is -0.352 e. The van der Waals surface area contributed by atoms with Crippen LogP contribution >= 0.6 is 0 Å². The van der Waals surface area contributed by atoms with Crippen molar-refractivity contribution >= 4 is 17.5 Å². The van der Waals surface area contributed by atoms with Crippen molar-refractivity contribution in [3.63, 3.8) is 0 Å². The monoisotopic (exact) mass is 324 g/mol. The van der Waals surface area contributed by atoms with Gasteiger partial charge in [0.05, 0.1) is 0 Å². The average Bonchev–Trinajstić information content (AvgIpc) is 2.55. The highest BCUT2D eigenvalue weighted by Gasteiger charge is 2.13. The summed E-state index contributed by atoms with van der Waals surface area (Å²) in [6, 6.07) is 13.3. The maximum Gasteiger partial charge on any atom is 0.255 e. The molecule has 2 amide bonds. The number of rotatable bonds is 5. The Bertz CT molecular complexity index is 734. The molecule has 126 valence electrons. The predicted octanol–water partition coefficient (Wildman–Crippen LogP) is 4.01. The molecule has 24 heavy (non-hydrogen) atoms. The Morgan fingerprint density at radius 2 is 1.71 bits per heavy atom. The van der Waals surface area contributed by atoms with Crippen molar-refractivity contribution in [2.75, 3.05) is 5.32 Å². The summed E-state index contributed by atoms with van der Waals surface area (Å²) in [4.78, 5) is 23.5. The van der Waals surface area contributed by atoms with E-state index < -0.39 is 0 Å². The highest BCUT2D eigenvalue weighted by Crippen LogP contribution is 2.27. The zero-order valence-electron chi connectivity index (χ0n) is 14.6. The van der Waals surface area contributed by atoms with Crippen LogP contribution in [0.15, 0.2) is 42.5 Å². The van der Waals surface area contributed by atoms with E-state index in [2.05, 4.69) is 24.5 Å². The van der Waals surface area contributed by atoms with E-state index in [4.69, 9.17) is 0 Å². The van der Waals surface area contributed by atoms with Crippen molar-refractivity contribution in [2.24, 2.45) is 0 Å². The second kappa shape index (κ2) is 7.77. The first-order valence-corrected chi connectivity index (χ1v) is 8.12. The molecule has 0 heterocycles. The van der Waals surface area contributed by atoms with Crippen LogP contribution in [0, 0.1) is 6.92 Å². The van der Waals surface area contributed by atoms with Crippen LogP contribution in [0.2, 0.25) is 0 Å². The number of carbonyl (C=O) groups excluding carboxylic acids is 2. The molecule has 2 aromatic rings. The number of amides is 2. The first-order chi connectivity index (χ1) is 11.4. The molecule has 0 aromatic heterocycles. The summed E-state index contributed by atoms with van der Waals surface area (Å²) in [6.45, 7) is 8.17. The van der Waals surface area contributed by atoms with E-state index in [9.17, 15) is 9.59 Å². The van der Waals surface area contributed by atoms with Gasteiger partial charge in [-0.05, 0) is 41.7 Å². The molecule has 2 aromatic carbocycles. The summed E-state index contributed by atoms with van der Waals surface area (Å²) in [7, 11) is 0. The average molecular weight is 324 g/mol. The number of carbonyl (C=O) groups is 2. The van der Waals surface area contributed by atoms with E-state index in [1.54, 1.807) is 12.1 Å². The quantitative estimate of drug-likeness (QED) is 0.873. The molecule has 2 rings (SSSR count). The van der Waals surface area contributed by atoms with Crippen molar-refractivity contribution in [2.45, 2.75) is 40.2 Å². The number of benzene rings is 2. The van der Waals surface area contributed by atoms with Crippen molar-refractivity contribution in [1.29, 1.82) is 0 Å². The summed E-state index contributed by atoms with van der Waals surface area (Å²) in [5.74, 6) is 0.134. The lowest BCUT2D eigenvalue weighted by molar-refractivity contribution is -0.119. The first kappa shape index (κ1) is 17.7. The number of nitrogens with one attached hydrogen (secondary N) is 2. The van der Waals surface area contributed by atoms with Crippen molar-refractivity contribution in [3.8, 4) is 0 Å². The minimum absolute atomic E-state index is 0.0717. The molecule has 0 atom stereocenters. The van der Waals surface area contributed by atoms with E-state index in [-0.39, 0.29) is 11.8 Å². The maximum absolute atomic E-state index is 12.5. The number of aryl methyl sites for hydroxylation is 1. The fourth-order valence-corrected chi connectivity index (χ4v) is 2.53. The molecule has 0 fully saturated rings. The van der Waals surface area contributed by atoms with Crippen LogP contribution in [0.3, 0.4) is 0 Å². The molecule has 0 radical (unpaired) electrons. The van der Waals surface area contributed by atoms with Gasteiger partial charge < -0.3 is 10.6 Å². The standard InChI is InChI=1S/C20H24N2O2/c1-13(2)18-7-5-6-14(3)19(18)22-20(24)17-10-8-16(9-11-17)12-21-15(4)23/h5-11,13H,12H2,1-4H3,(H,21,23)(H,22,24). The topological polar surface area (TPSA) is 58.2 Å². The van der Waals surface area contributed by atoms with Gasteiger partial charge in [-0.1, -0.05) is 44.2 Å². The van der Waals surface area contributed by atoms with E-state index in [1.807, 2.05) is 37.3 Å². The van der Waals surface area contributed by atoms with Gasteiger partial charge in [0.15, 0.2) is 0 Å². The summed E-state index contributed by atoms with van der Waals surface area (Å²) in [6.07, 6.45) is 0. The molecule has 0 bridgehead atoms. The summed E-state index contributed by atoms with van der Waals surface area (Å²) in [5.41, 5.74) is 4.63. The van der Waals surface area contributed by atoms with Crippen LogP contribution in [-0.2, 0) is 11.3 Å². The molecule has 0 saturated carbocycles. The van der Waals surface area contributed by atoms with Gasteiger partial charge in [0.25, 0.3) is 5.91 Å². The molecule has 0 aliphatic rings. The molecule has 0 spiro atoms. The third kappa shape index (κ3) is 4.44. The number of hydrogen-bond donors (Lipinski definition) is 2. The smallest absolute Gasteiger partial charge is 0.255 e. The van der Waals surface area contributed by atoms with E-state index in [0.29, 0.717) is 18.0 Å². The highest BCUT2D eigenvalue weighted by molar-refractivity contribution is 6.05. The van der Waals surface area contributed by atoms with Gasteiger partial charge in [0.1, 0.15) is 0 Å². The van der Waals surface area contributed by atoms with E-state index in [1.165, 1.54) is 6.92 Å². The van der Waals surface area contributed by atoms with Crippen LogP contribution in [0.4, 0.5) is 5.69 Å². The number of hydrogen-bond acceptors (Lipinski definition) is 2. The van der Waals surface area contributed by atoms with Crippen LogP contribution in [0.1, 0.15) is 53.7 Å². The van der Waals surface area contributed by atoms with Crippen LogP contribution < -0.4 is 10.6 Å². The molecule has 0 aliphatic carbocycles. The van der Waals surface area contributed by atoms with E-state index >= 15 is 0 Å². The second-order valence-corrected chi connectivity index (χ2v) is 6.25. The zero-order chi connectivity index (χ0) is 17.7. The third-order valence-corrected chi connectivity index (χ3v) is 3.92. The Morgan fingerprint density at radius 3 is 2.29 bits per heavy atom. The number of para-hydroxylation sites is 1. The predicted molar refractivity (Wildman–Crippen MR) is 97.2 cm³/mol. The summed E-state index contributed by atoms with van der Waals surface area (Å²) >= 11 is 0. The lowest BCUT2D eigenvalue weighted by Gasteiger charge is -2.16. The first-order valence-electron chi connectivity index (χ1n) is 8.12. The lowest BCUT2D eigenvalue weighted by atomic mass is 9.98. The van der Waals surface area contributed by atoms with Crippen LogP contribution in [0.5, 0.6) is 0 Å². The molecule has 2 N–H and O–H groups in total. The maximum atomic E-state index is 12.5. The Kier molecular flexibility index (Phi) is 5.74. The second-order valence-electron chi connectivity index (χ2n) is 6.25. The van der Waals surface area contributed by atoms with E-state index in [0.717, 1.165) is 22.4 Å². The number of anilines is 1. The Balaban J connectivity index is 2.14. The fraction of sp³-hybridized carbons (Fsp3) is 0.300. The van der Waals surface area contributed by atoms with Gasteiger partial charge in [0, 0.05) is 24.7 Å². The molecule has 0 unspecified atom stereocenters. The van der Waals surface area contributed by atoms with Gasteiger partial charge in [-0.25, -0.2) is 0 Å². The van der Waals surface area contributed by atoms with Crippen LogP contribution in [0.25, 0.3) is 0 Å². The largest absolute Gasteiger partial charge is 0.352 e. The summed E-state index contributed by atoms with van der Waals surface area (Å²) < 4.78 is 0. The Labute approximate surface area is 143 Å². The Hall–Kier alpha value is -2.62. The molecule has 4 nitrogen and oxygen atoms in total. The zero-order valence-corrected chi connectivity index (χ0v) is 14.6. The Morgan fingerprint density at radius 1 is 1.04 bits per heavy atom. The van der Waals surface area contributed by atoms with Gasteiger partial charge in [-0.3, -0.25) is 9.59 Å². The van der Waals surface area contributed by atoms with Gasteiger partial charge in [-0.15, -0.1) is 0 Å². The van der Waals surface area contributed by atoms with Crippen molar-refractivity contribution in [1.82, 2.24) is 5.32 Å². The van der Waals surface area contributed by atoms with Crippen molar-refractivity contribution < 1.29 is 9.59 Å². The molecular formula is C20H24N2O2. The molecular weight excluding hydrogens is 300 g/mol. The SMILES string of the molecule is CC(=O)NCc1ccc(C(=O)Nc2c(C)cccc2C(C)C)cc1. The normalized spacial score (nSPS) is 10.5. The molecule has 4 heteroatoms. The van der Waals surface area contributed by atoms with Gasteiger partial charge in [-0.2, -0.15) is 0 Å². The van der Waals surface area contributed by atoms with Crippen molar-refractivity contribution in [3.05, 3.63) is 64.7 Å². The van der Waals surface area contributed by atoms with Gasteiger partial charge >= 0.3 is 0 Å². The molecule has 0 saturated heterocycles. The van der Waals surface area contributed by atoms with Gasteiger partial charge in [0.2, 0.25) is 5.91 Å². The summed E-state index contributed by atoms with van der Waals surface area (Å²) in [5, 5.41) is 5.78. The lowest BCUT2D eigenvalue weighted by Crippen LogP contribution is -2.19. The third-order valence-electron chi connectivity index (χ3n) is 3.92. The fourth-order valence-electron chi connectivity index (χ4n) is 2.53. The minimum atomic E-state index is -0.128. The molecule has 0 aliphatic heterocycles. The highest BCUT2D eigenvalue weighted by atomic mass is 16.2. The van der Waals surface area contributed by atoms with Crippen LogP contribution in [-0.4, -0.2) is 11.8 Å².